The number of aliphatic hydroxyl groups excluding tert-OH is 1. The third-order valence-electron chi connectivity index (χ3n) is 3.51. The Hall–Kier alpha value is -1.99. The van der Waals surface area contributed by atoms with Crippen LogP contribution in [0.25, 0.3) is 0 Å². The first-order valence-corrected chi connectivity index (χ1v) is 7.10. The van der Waals surface area contributed by atoms with Crippen molar-refractivity contribution in [2.45, 2.75) is 26.1 Å². The van der Waals surface area contributed by atoms with Crippen LogP contribution in [0.4, 0.5) is 5.82 Å². The van der Waals surface area contributed by atoms with Gasteiger partial charge in [0.05, 0.1) is 26.0 Å². The van der Waals surface area contributed by atoms with E-state index in [1.54, 1.807) is 6.20 Å². The number of aromatic nitrogens is 4. The van der Waals surface area contributed by atoms with E-state index in [9.17, 15) is 0 Å². The van der Waals surface area contributed by atoms with Gasteiger partial charge in [-0.3, -0.25) is 4.68 Å². The Labute approximate surface area is 123 Å². The number of nitrogens with one attached hydrogen (secondary N) is 1. The molecule has 112 valence electrons. The minimum Gasteiger partial charge on any atom is -0.392 e. The predicted octanol–water partition coefficient (Wildman–Crippen LogP) is 0.814. The highest BCUT2D eigenvalue weighted by molar-refractivity contribution is 5.35. The maximum atomic E-state index is 8.97. The quantitative estimate of drug-likeness (QED) is 0.818. The van der Waals surface area contributed by atoms with E-state index in [1.165, 1.54) is 0 Å². The van der Waals surface area contributed by atoms with E-state index in [2.05, 4.69) is 20.6 Å². The topological polar surface area (TPSA) is 85.1 Å². The van der Waals surface area contributed by atoms with Gasteiger partial charge in [-0.2, -0.15) is 0 Å². The van der Waals surface area contributed by atoms with Gasteiger partial charge in [0.1, 0.15) is 11.5 Å². The van der Waals surface area contributed by atoms with Gasteiger partial charge in [0.25, 0.3) is 0 Å². The van der Waals surface area contributed by atoms with Crippen molar-refractivity contribution in [3.05, 3.63) is 35.8 Å². The molecule has 2 aromatic heterocycles. The molecule has 0 spiro atoms. The number of anilines is 1. The van der Waals surface area contributed by atoms with Crippen molar-refractivity contribution in [2.24, 2.45) is 5.92 Å². The van der Waals surface area contributed by atoms with Crippen LogP contribution >= 0.6 is 0 Å². The van der Waals surface area contributed by atoms with Crippen LogP contribution < -0.4 is 5.32 Å². The average Bonchev–Trinajstić information content (AvgIpc) is 3.18. The molecule has 2 aromatic rings. The van der Waals surface area contributed by atoms with Crippen LogP contribution in [0.1, 0.15) is 17.7 Å². The van der Waals surface area contributed by atoms with Gasteiger partial charge in [0, 0.05) is 25.3 Å². The van der Waals surface area contributed by atoms with Gasteiger partial charge >= 0.3 is 0 Å². The molecule has 1 aliphatic heterocycles. The molecule has 7 heteroatoms. The van der Waals surface area contributed by atoms with Crippen LogP contribution in [0.2, 0.25) is 0 Å². The zero-order valence-electron chi connectivity index (χ0n) is 11.8. The second-order valence-corrected chi connectivity index (χ2v) is 5.22. The summed E-state index contributed by atoms with van der Waals surface area (Å²) in [5.74, 6) is 1.30. The summed E-state index contributed by atoms with van der Waals surface area (Å²) in [7, 11) is 0. The molecule has 7 nitrogen and oxygen atoms in total. The molecule has 1 aliphatic rings. The Morgan fingerprint density at radius 2 is 2.38 bits per heavy atom. The second kappa shape index (κ2) is 6.64. The molecular formula is C14H19N5O2. The van der Waals surface area contributed by atoms with E-state index < -0.39 is 0 Å². The summed E-state index contributed by atoms with van der Waals surface area (Å²) in [5.41, 5.74) is 1.67. The molecule has 1 saturated heterocycles. The lowest BCUT2D eigenvalue weighted by Gasteiger charge is -2.05. The van der Waals surface area contributed by atoms with Gasteiger partial charge < -0.3 is 15.2 Å². The summed E-state index contributed by atoms with van der Waals surface area (Å²) < 4.78 is 7.23. The number of hydrogen-bond donors (Lipinski definition) is 2. The van der Waals surface area contributed by atoms with Crippen LogP contribution in [-0.2, 0) is 24.4 Å². The molecule has 2 N–H and O–H groups in total. The van der Waals surface area contributed by atoms with E-state index in [0.29, 0.717) is 12.5 Å². The van der Waals surface area contributed by atoms with Crippen LogP contribution in [-0.4, -0.2) is 38.3 Å². The zero-order chi connectivity index (χ0) is 14.5. The molecule has 3 rings (SSSR count). The molecule has 1 atom stereocenters. The molecule has 0 aromatic carbocycles. The van der Waals surface area contributed by atoms with Crippen LogP contribution in [0, 0.1) is 5.92 Å². The summed E-state index contributed by atoms with van der Waals surface area (Å²) in [6.07, 6.45) is 4.70. The summed E-state index contributed by atoms with van der Waals surface area (Å²) in [6, 6.07) is 3.68. The number of ether oxygens (including phenoxy) is 1. The van der Waals surface area contributed by atoms with Gasteiger partial charge in [-0.15, -0.1) is 5.10 Å². The Balaban J connectivity index is 1.51. The lowest BCUT2D eigenvalue weighted by Crippen LogP contribution is -2.11. The van der Waals surface area contributed by atoms with Gasteiger partial charge in [-0.25, -0.2) is 4.98 Å². The Bertz CT molecular complexity index is 563. The molecule has 0 aliphatic carbocycles. The minimum absolute atomic E-state index is 0.00644. The standard InChI is InChI=1S/C14H19N5O2/c20-9-11-1-2-14(15-5-11)16-6-13-8-19(18-17-13)7-12-3-4-21-10-12/h1-2,5,8,12,20H,3-4,6-7,9-10H2,(H,15,16). The Morgan fingerprint density at radius 1 is 1.43 bits per heavy atom. The molecule has 1 fully saturated rings. The largest absolute Gasteiger partial charge is 0.392 e. The number of rotatable bonds is 6. The fraction of sp³-hybridized carbons (Fsp3) is 0.500. The summed E-state index contributed by atoms with van der Waals surface area (Å²) >= 11 is 0. The average molecular weight is 289 g/mol. The monoisotopic (exact) mass is 289 g/mol. The molecule has 0 saturated carbocycles. The zero-order valence-corrected chi connectivity index (χ0v) is 11.8. The smallest absolute Gasteiger partial charge is 0.126 e. The lowest BCUT2D eigenvalue weighted by molar-refractivity contribution is 0.181. The fourth-order valence-corrected chi connectivity index (χ4v) is 2.30. The number of aliphatic hydroxyl groups is 1. The van der Waals surface area contributed by atoms with Crippen LogP contribution in [0.5, 0.6) is 0 Å². The van der Waals surface area contributed by atoms with E-state index in [-0.39, 0.29) is 6.61 Å². The first-order chi connectivity index (χ1) is 10.3. The summed E-state index contributed by atoms with van der Waals surface area (Å²) in [5, 5.41) is 20.4. The van der Waals surface area contributed by atoms with Gasteiger partial charge in [-0.1, -0.05) is 11.3 Å². The fourth-order valence-electron chi connectivity index (χ4n) is 2.30. The molecule has 0 radical (unpaired) electrons. The van der Waals surface area contributed by atoms with Crippen LogP contribution in [0.15, 0.2) is 24.5 Å². The van der Waals surface area contributed by atoms with Crippen LogP contribution in [0.3, 0.4) is 0 Å². The SMILES string of the molecule is OCc1ccc(NCc2cn(CC3CCOC3)nn2)nc1. The van der Waals surface area contributed by atoms with E-state index >= 15 is 0 Å². The van der Waals surface area contributed by atoms with Crippen molar-refractivity contribution in [3.63, 3.8) is 0 Å². The van der Waals surface area contributed by atoms with E-state index in [4.69, 9.17) is 9.84 Å². The van der Waals surface area contributed by atoms with Crippen molar-refractivity contribution >= 4 is 5.82 Å². The first-order valence-electron chi connectivity index (χ1n) is 7.10. The normalized spacial score (nSPS) is 18.0. The molecule has 21 heavy (non-hydrogen) atoms. The molecule has 0 bridgehead atoms. The molecule has 0 amide bonds. The molecule has 1 unspecified atom stereocenters. The lowest BCUT2D eigenvalue weighted by atomic mass is 10.1. The Morgan fingerprint density at radius 3 is 3.10 bits per heavy atom. The van der Waals surface area contributed by atoms with Crippen molar-refractivity contribution in [3.8, 4) is 0 Å². The highest BCUT2D eigenvalue weighted by Crippen LogP contribution is 2.14. The number of pyridine rings is 1. The van der Waals surface area contributed by atoms with Gasteiger partial charge in [-0.05, 0) is 18.1 Å². The second-order valence-electron chi connectivity index (χ2n) is 5.22. The maximum absolute atomic E-state index is 8.97. The minimum atomic E-state index is 0.00644. The highest BCUT2D eigenvalue weighted by atomic mass is 16.5. The van der Waals surface area contributed by atoms with E-state index in [1.807, 2.05) is 23.0 Å². The van der Waals surface area contributed by atoms with Crippen molar-refractivity contribution < 1.29 is 9.84 Å². The van der Waals surface area contributed by atoms with Crippen molar-refractivity contribution in [1.29, 1.82) is 0 Å². The van der Waals surface area contributed by atoms with Gasteiger partial charge in [0.2, 0.25) is 0 Å². The molecule has 3 heterocycles. The number of nitrogens with zero attached hydrogens (tertiary/aromatic N) is 4. The predicted molar refractivity (Wildman–Crippen MR) is 76.4 cm³/mol. The maximum Gasteiger partial charge on any atom is 0.126 e. The summed E-state index contributed by atoms with van der Waals surface area (Å²) in [4.78, 5) is 4.21. The van der Waals surface area contributed by atoms with Gasteiger partial charge in [0.15, 0.2) is 0 Å². The Kier molecular flexibility index (Phi) is 4.42. The number of hydrogen-bond acceptors (Lipinski definition) is 6. The molecular weight excluding hydrogens is 270 g/mol. The van der Waals surface area contributed by atoms with Crippen molar-refractivity contribution in [2.75, 3.05) is 18.5 Å². The third-order valence-corrected chi connectivity index (χ3v) is 3.51. The van der Waals surface area contributed by atoms with E-state index in [0.717, 1.165) is 43.3 Å². The first kappa shape index (κ1) is 14.0. The van der Waals surface area contributed by atoms with Crippen molar-refractivity contribution in [1.82, 2.24) is 20.0 Å². The highest BCUT2D eigenvalue weighted by Gasteiger charge is 2.16. The summed E-state index contributed by atoms with van der Waals surface area (Å²) in [6.45, 7) is 3.10. The third kappa shape index (κ3) is 3.77.